The summed E-state index contributed by atoms with van der Waals surface area (Å²) in [6.45, 7) is 0. The second-order valence-electron chi connectivity index (χ2n) is 11.7. The van der Waals surface area contributed by atoms with Crippen LogP contribution in [0.1, 0.15) is 5.56 Å². The highest BCUT2D eigenvalue weighted by atomic mass is 15.0. The second kappa shape index (κ2) is 10.4. The van der Waals surface area contributed by atoms with Gasteiger partial charge in [-0.15, -0.1) is 0 Å². The van der Waals surface area contributed by atoms with Crippen LogP contribution in [0.3, 0.4) is 0 Å². The lowest BCUT2D eigenvalue weighted by Crippen LogP contribution is -1.98. The molecule has 0 saturated heterocycles. The number of nitriles is 1. The van der Waals surface area contributed by atoms with Crippen molar-refractivity contribution in [3.05, 3.63) is 169 Å². The largest absolute Gasteiger partial charge is 0.309 e. The molecule has 2 heterocycles. The van der Waals surface area contributed by atoms with Gasteiger partial charge in [-0.1, -0.05) is 109 Å². The van der Waals surface area contributed by atoms with Crippen LogP contribution in [0.4, 0.5) is 0 Å². The van der Waals surface area contributed by atoms with Gasteiger partial charge < -0.3 is 9.13 Å². The van der Waals surface area contributed by atoms with Gasteiger partial charge in [-0.25, -0.2) is 0 Å². The summed E-state index contributed by atoms with van der Waals surface area (Å²) in [5.74, 6) is 0. The molecule has 3 nitrogen and oxygen atoms in total. The first-order valence-corrected chi connectivity index (χ1v) is 15.5. The quantitative estimate of drug-likeness (QED) is 0.202. The van der Waals surface area contributed by atoms with E-state index in [1.807, 2.05) is 12.1 Å². The average Bonchev–Trinajstić information content (AvgIpc) is 3.65. The van der Waals surface area contributed by atoms with Crippen LogP contribution in [-0.4, -0.2) is 9.13 Å². The molecular formula is C43H27N3. The number of rotatable bonds is 4. The lowest BCUT2D eigenvalue weighted by molar-refractivity contribution is 1.18. The summed E-state index contributed by atoms with van der Waals surface area (Å²) < 4.78 is 4.69. The van der Waals surface area contributed by atoms with Crippen molar-refractivity contribution in [1.29, 1.82) is 5.26 Å². The van der Waals surface area contributed by atoms with Crippen LogP contribution < -0.4 is 0 Å². The molecule has 0 atom stereocenters. The minimum absolute atomic E-state index is 0.637. The maximum absolute atomic E-state index is 9.96. The Hall–Kier alpha value is -6.37. The van der Waals surface area contributed by atoms with Crippen LogP contribution in [-0.2, 0) is 0 Å². The molecule has 2 aromatic heterocycles. The highest BCUT2D eigenvalue weighted by Crippen LogP contribution is 2.40. The first-order chi connectivity index (χ1) is 22.8. The molecule has 0 saturated carbocycles. The predicted octanol–water partition coefficient (Wildman–Crippen LogP) is 11.1. The van der Waals surface area contributed by atoms with Gasteiger partial charge in [0.15, 0.2) is 0 Å². The van der Waals surface area contributed by atoms with E-state index in [9.17, 15) is 5.26 Å². The molecule has 0 unspecified atom stereocenters. The van der Waals surface area contributed by atoms with Gasteiger partial charge in [0.25, 0.3) is 0 Å². The average molecular weight is 586 g/mol. The van der Waals surface area contributed by atoms with Gasteiger partial charge in [0.2, 0.25) is 0 Å². The Morgan fingerprint density at radius 3 is 1.41 bits per heavy atom. The number of fused-ring (bicyclic) bond motifs is 6. The van der Waals surface area contributed by atoms with Gasteiger partial charge in [0.05, 0.1) is 39.4 Å². The van der Waals surface area contributed by atoms with Crippen LogP contribution in [0.2, 0.25) is 0 Å². The van der Waals surface area contributed by atoms with Crippen LogP contribution >= 0.6 is 0 Å². The van der Waals surface area contributed by atoms with E-state index in [2.05, 4.69) is 167 Å². The molecule has 0 radical (unpaired) electrons. The van der Waals surface area contributed by atoms with E-state index in [1.165, 1.54) is 32.6 Å². The molecule has 3 heteroatoms. The molecule has 0 N–H and O–H groups in total. The maximum atomic E-state index is 9.96. The van der Waals surface area contributed by atoms with Crippen molar-refractivity contribution in [2.45, 2.75) is 0 Å². The Kier molecular flexibility index (Phi) is 5.88. The Labute approximate surface area is 266 Å². The SMILES string of the molecule is N#Cc1ccc(-c2ccc(-n3c4ccccc4c4ccccc43)cc2)c(-c2ccccc2-n2c3ccccc3c3ccccc32)c1. The Morgan fingerprint density at radius 1 is 0.391 bits per heavy atom. The van der Waals surface area contributed by atoms with Crippen LogP contribution in [0.25, 0.3) is 77.2 Å². The van der Waals surface area contributed by atoms with Crippen LogP contribution in [0, 0.1) is 11.3 Å². The van der Waals surface area contributed by atoms with Gasteiger partial charge >= 0.3 is 0 Å². The zero-order valence-corrected chi connectivity index (χ0v) is 24.9. The fraction of sp³-hybridized carbons (Fsp3) is 0. The number of hydrogen-bond acceptors (Lipinski definition) is 1. The van der Waals surface area contributed by atoms with Crippen molar-refractivity contribution in [1.82, 2.24) is 9.13 Å². The van der Waals surface area contributed by atoms with Gasteiger partial charge in [-0.05, 0) is 71.3 Å². The highest BCUT2D eigenvalue weighted by Gasteiger charge is 2.18. The third-order valence-electron chi connectivity index (χ3n) is 9.18. The first kappa shape index (κ1) is 26.1. The normalized spacial score (nSPS) is 11.5. The summed E-state index contributed by atoms with van der Waals surface area (Å²) in [5, 5.41) is 14.9. The molecule has 0 fully saturated rings. The molecule has 46 heavy (non-hydrogen) atoms. The minimum Gasteiger partial charge on any atom is -0.309 e. The summed E-state index contributed by atoms with van der Waals surface area (Å²) in [4.78, 5) is 0. The maximum Gasteiger partial charge on any atom is 0.0991 e. The van der Waals surface area contributed by atoms with Crippen molar-refractivity contribution in [2.24, 2.45) is 0 Å². The second-order valence-corrected chi connectivity index (χ2v) is 11.7. The van der Waals surface area contributed by atoms with E-state index in [4.69, 9.17) is 0 Å². The number of benzene rings is 7. The van der Waals surface area contributed by atoms with E-state index in [-0.39, 0.29) is 0 Å². The van der Waals surface area contributed by atoms with E-state index < -0.39 is 0 Å². The molecule has 214 valence electrons. The van der Waals surface area contributed by atoms with Gasteiger partial charge in [0.1, 0.15) is 0 Å². The molecule has 9 aromatic rings. The van der Waals surface area contributed by atoms with E-state index in [0.717, 1.165) is 44.7 Å². The Bertz CT molecular complexity index is 2540. The summed E-state index contributed by atoms with van der Waals surface area (Å²) in [5.41, 5.74) is 11.8. The Morgan fingerprint density at radius 2 is 0.870 bits per heavy atom. The molecule has 0 aliphatic rings. The number of hydrogen-bond donors (Lipinski definition) is 0. The topological polar surface area (TPSA) is 33.6 Å². The molecule has 7 aromatic carbocycles. The zero-order valence-electron chi connectivity index (χ0n) is 24.9. The molecule has 9 rings (SSSR count). The van der Waals surface area contributed by atoms with E-state index in [1.54, 1.807) is 0 Å². The molecular weight excluding hydrogens is 558 g/mol. The lowest BCUT2D eigenvalue weighted by atomic mass is 9.91. The molecule has 0 aliphatic carbocycles. The summed E-state index contributed by atoms with van der Waals surface area (Å²) in [6.07, 6.45) is 0. The molecule has 0 aliphatic heterocycles. The number of para-hydroxylation sites is 5. The monoisotopic (exact) mass is 585 g/mol. The third kappa shape index (κ3) is 3.91. The van der Waals surface area contributed by atoms with E-state index >= 15 is 0 Å². The number of nitrogens with zero attached hydrogens (tertiary/aromatic N) is 3. The number of aromatic nitrogens is 2. The Balaban J connectivity index is 1.24. The standard InChI is InChI=1S/C43H27N3/c44-28-29-21-26-32(30-22-24-31(25-23-30)45-39-16-6-1-11-33(39)34-12-2-7-17-40(34)45)38(27-29)37-15-5-10-20-43(37)46-41-18-8-3-13-35(41)36-14-4-9-19-42(36)46/h1-27H. The smallest absolute Gasteiger partial charge is 0.0991 e. The fourth-order valence-corrected chi connectivity index (χ4v) is 7.16. The highest BCUT2D eigenvalue weighted by molar-refractivity contribution is 6.10. The van der Waals surface area contributed by atoms with Gasteiger partial charge in [-0.3, -0.25) is 0 Å². The molecule has 0 amide bonds. The van der Waals surface area contributed by atoms with Crippen molar-refractivity contribution < 1.29 is 0 Å². The minimum atomic E-state index is 0.637. The van der Waals surface area contributed by atoms with E-state index in [0.29, 0.717) is 5.56 Å². The van der Waals surface area contributed by atoms with Crippen molar-refractivity contribution >= 4 is 43.6 Å². The first-order valence-electron chi connectivity index (χ1n) is 15.5. The summed E-state index contributed by atoms with van der Waals surface area (Å²) in [7, 11) is 0. The van der Waals surface area contributed by atoms with Gasteiger partial charge in [-0.2, -0.15) is 5.26 Å². The fourth-order valence-electron chi connectivity index (χ4n) is 7.16. The predicted molar refractivity (Wildman–Crippen MR) is 191 cm³/mol. The van der Waals surface area contributed by atoms with Crippen molar-refractivity contribution in [3.63, 3.8) is 0 Å². The zero-order chi connectivity index (χ0) is 30.6. The molecule has 0 bridgehead atoms. The van der Waals surface area contributed by atoms with Gasteiger partial charge in [0, 0.05) is 32.8 Å². The summed E-state index contributed by atoms with van der Waals surface area (Å²) >= 11 is 0. The van der Waals surface area contributed by atoms with Crippen molar-refractivity contribution in [2.75, 3.05) is 0 Å². The van der Waals surface area contributed by atoms with Crippen LogP contribution in [0.5, 0.6) is 0 Å². The molecule has 0 spiro atoms. The third-order valence-corrected chi connectivity index (χ3v) is 9.18. The van der Waals surface area contributed by atoms with Crippen molar-refractivity contribution in [3.8, 4) is 39.7 Å². The summed E-state index contributed by atoms with van der Waals surface area (Å²) in [6, 6.07) is 60.1. The lowest BCUT2D eigenvalue weighted by Gasteiger charge is -2.17. The van der Waals surface area contributed by atoms with Crippen LogP contribution in [0.15, 0.2) is 164 Å².